The summed E-state index contributed by atoms with van der Waals surface area (Å²) in [5.41, 5.74) is 2.55. The molecule has 0 heterocycles. The Bertz CT molecular complexity index is 474. The molecule has 0 atom stereocenters. The van der Waals surface area contributed by atoms with Gasteiger partial charge in [-0.15, -0.1) is 0 Å². The number of hydrogen-bond donors (Lipinski definition) is 0. The number of unbranched alkanes of at least 4 members (excludes halogenated alkanes) is 2. The van der Waals surface area contributed by atoms with Gasteiger partial charge in [0.15, 0.2) is 0 Å². The van der Waals surface area contributed by atoms with Crippen LogP contribution in [-0.4, -0.2) is 6.61 Å². The van der Waals surface area contributed by atoms with Crippen LogP contribution >= 0.6 is 8.69 Å². The summed E-state index contributed by atoms with van der Waals surface area (Å²) in [6.45, 7) is 5.09. The minimum absolute atomic E-state index is 0.185. The fourth-order valence-electron chi connectivity index (χ4n) is 2.19. The third-order valence-electron chi connectivity index (χ3n) is 3.45. The Morgan fingerprint density at radius 1 is 0.826 bits per heavy atom. The minimum atomic E-state index is -0.185. The standard InChI is InChI=1S/C12H10.C8H17O2P/c1-3-7-11(8-4-1)12-9-5-2-6-10-12;1-8(2)6-4-3-5-7-10-11-9/h1-10H;8H,3-7H2,1-2H3. The van der Waals surface area contributed by atoms with Gasteiger partial charge in [0.2, 0.25) is 0 Å². The molecule has 2 aromatic carbocycles. The number of benzene rings is 2. The summed E-state index contributed by atoms with van der Waals surface area (Å²) in [4.78, 5) is 0. The predicted molar refractivity (Wildman–Crippen MR) is 98.7 cm³/mol. The zero-order valence-electron chi connectivity index (χ0n) is 14.2. The molecular formula is C20H27O2P. The van der Waals surface area contributed by atoms with Crippen molar-refractivity contribution >= 4 is 8.69 Å². The van der Waals surface area contributed by atoms with Crippen LogP contribution in [0.25, 0.3) is 11.1 Å². The van der Waals surface area contributed by atoms with Crippen molar-refractivity contribution in [3.8, 4) is 11.1 Å². The summed E-state index contributed by atoms with van der Waals surface area (Å²) in [5.74, 6) is 0.800. The Kier molecular flexibility index (Phi) is 11.0. The second-order valence-electron chi connectivity index (χ2n) is 5.88. The summed E-state index contributed by atoms with van der Waals surface area (Å²) in [6.07, 6.45) is 4.77. The highest BCUT2D eigenvalue weighted by Gasteiger charge is 1.94. The van der Waals surface area contributed by atoms with E-state index in [-0.39, 0.29) is 8.69 Å². The third kappa shape index (κ3) is 9.99. The van der Waals surface area contributed by atoms with Crippen molar-refractivity contribution in [3.05, 3.63) is 60.7 Å². The second-order valence-corrected chi connectivity index (χ2v) is 6.29. The van der Waals surface area contributed by atoms with Crippen LogP contribution in [0.3, 0.4) is 0 Å². The minimum Gasteiger partial charge on any atom is -0.294 e. The van der Waals surface area contributed by atoms with E-state index in [0.29, 0.717) is 6.61 Å². The molecule has 0 aliphatic heterocycles. The van der Waals surface area contributed by atoms with Gasteiger partial charge in [-0.2, -0.15) is 0 Å². The van der Waals surface area contributed by atoms with Gasteiger partial charge in [-0.3, -0.25) is 4.52 Å². The topological polar surface area (TPSA) is 26.3 Å². The maximum absolute atomic E-state index is 9.82. The van der Waals surface area contributed by atoms with Gasteiger partial charge in [0.05, 0.1) is 6.61 Å². The summed E-state index contributed by atoms with van der Waals surface area (Å²) < 4.78 is 14.5. The number of hydrogen-bond acceptors (Lipinski definition) is 2. The SMILES string of the molecule is CC(C)CCCCCOP=O.c1ccc(-c2ccccc2)cc1. The fourth-order valence-corrected chi connectivity index (χ4v) is 2.40. The Morgan fingerprint density at radius 3 is 1.78 bits per heavy atom. The Hall–Kier alpha value is -1.50. The van der Waals surface area contributed by atoms with E-state index in [0.717, 1.165) is 12.3 Å². The van der Waals surface area contributed by atoms with Crippen molar-refractivity contribution < 1.29 is 9.09 Å². The molecule has 124 valence electrons. The molecule has 2 nitrogen and oxygen atoms in total. The molecule has 0 unspecified atom stereocenters. The smallest absolute Gasteiger partial charge is 0.294 e. The molecule has 0 fully saturated rings. The van der Waals surface area contributed by atoms with Crippen molar-refractivity contribution in [2.24, 2.45) is 5.92 Å². The van der Waals surface area contributed by atoms with E-state index in [4.69, 9.17) is 0 Å². The van der Waals surface area contributed by atoms with Gasteiger partial charge in [0, 0.05) is 0 Å². The first kappa shape index (κ1) is 19.5. The molecule has 0 spiro atoms. The number of rotatable bonds is 8. The predicted octanol–water partition coefficient (Wildman–Crippen LogP) is 6.78. The van der Waals surface area contributed by atoms with Gasteiger partial charge in [0.1, 0.15) is 0 Å². The van der Waals surface area contributed by atoms with Crippen LogP contribution in [0.2, 0.25) is 0 Å². The highest BCUT2D eigenvalue weighted by Crippen LogP contribution is 2.17. The molecule has 0 saturated carbocycles. The maximum Gasteiger partial charge on any atom is 0.327 e. The average molecular weight is 330 g/mol. The van der Waals surface area contributed by atoms with Crippen molar-refractivity contribution in [1.29, 1.82) is 0 Å². The van der Waals surface area contributed by atoms with Gasteiger partial charge in [-0.1, -0.05) is 93.8 Å². The van der Waals surface area contributed by atoms with Crippen LogP contribution in [-0.2, 0) is 9.09 Å². The zero-order chi connectivity index (χ0) is 16.8. The van der Waals surface area contributed by atoms with E-state index in [9.17, 15) is 4.57 Å². The summed E-state index contributed by atoms with van der Waals surface area (Å²) >= 11 is 0. The van der Waals surface area contributed by atoms with E-state index in [1.54, 1.807) is 0 Å². The lowest BCUT2D eigenvalue weighted by molar-refractivity contribution is 0.326. The van der Waals surface area contributed by atoms with Gasteiger partial charge in [-0.25, -0.2) is 4.57 Å². The van der Waals surface area contributed by atoms with Crippen molar-refractivity contribution in [2.45, 2.75) is 39.5 Å². The monoisotopic (exact) mass is 330 g/mol. The fraction of sp³-hybridized carbons (Fsp3) is 0.400. The quantitative estimate of drug-likeness (QED) is 0.394. The molecule has 3 heteroatoms. The van der Waals surface area contributed by atoms with Crippen LogP contribution in [0, 0.1) is 5.92 Å². The molecule has 0 N–H and O–H groups in total. The molecule has 0 aromatic heterocycles. The van der Waals surface area contributed by atoms with Crippen LogP contribution in [0.15, 0.2) is 60.7 Å². The maximum atomic E-state index is 9.82. The lowest BCUT2D eigenvalue weighted by Gasteiger charge is -2.02. The van der Waals surface area contributed by atoms with Gasteiger partial charge in [-0.05, 0) is 23.5 Å². The van der Waals surface area contributed by atoms with Crippen molar-refractivity contribution in [2.75, 3.05) is 6.61 Å². The average Bonchev–Trinajstić information content (AvgIpc) is 2.60. The molecule has 0 saturated heterocycles. The van der Waals surface area contributed by atoms with E-state index in [1.807, 2.05) is 12.1 Å². The summed E-state index contributed by atoms with van der Waals surface area (Å²) in [7, 11) is -0.185. The van der Waals surface area contributed by atoms with Crippen molar-refractivity contribution in [3.63, 3.8) is 0 Å². The normalized spacial score (nSPS) is 10.4. The van der Waals surface area contributed by atoms with Crippen LogP contribution < -0.4 is 0 Å². The molecule has 0 radical (unpaired) electrons. The Labute approximate surface area is 142 Å². The highest BCUT2D eigenvalue weighted by atomic mass is 31.1. The van der Waals surface area contributed by atoms with E-state index < -0.39 is 0 Å². The molecule has 0 aliphatic carbocycles. The van der Waals surface area contributed by atoms with Crippen molar-refractivity contribution in [1.82, 2.24) is 0 Å². The zero-order valence-corrected chi connectivity index (χ0v) is 15.0. The lowest BCUT2D eigenvalue weighted by Crippen LogP contribution is -1.89. The van der Waals surface area contributed by atoms with Gasteiger partial charge < -0.3 is 0 Å². The first-order valence-electron chi connectivity index (χ1n) is 8.29. The van der Waals surface area contributed by atoms with Crippen LogP contribution in [0.4, 0.5) is 0 Å². The lowest BCUT2D eigenvalue weighted by atomic mass is 10.1. The third-order valence-corrected chi connectivity index (χ3v) is 3.74. The van der Waals surface area contributed by atoms with E-state index in [1.165, 1.54) is 30.4 Å². The first-order valence-corrected chi connectivity index (χ1v) is 9.02. The van der Waals surface area contributed by atoms with Gasteiger partial charge in [0.25, 0.3) is 0 Å². The Morgan fingerprint density at radius 2 is 1.35 bits per heavy atom. The molecule has 0 aliphatic rings. The molecule has 0 bridgehead atoms. The van der Waals surface area contributed by atoms with E-state index >= 15 is 0 Å². The van der Waals surface area contributed by atoms with E-state index in [2.05, 4.69) is 66.9 Å². The molecular weight excluding hydrogens is 303 g/mol. The summed E-state index contributed by atoms with van der Waals surface area (Å²) in [5, 5.41) is 0. The van der Waals surface area contributed by atoms with Crippen LogP contribution in [0.5, 0.6) is 0 Å². The molecule has 23 heavy (non-hydrogen) atoms. The van der Waals surface area contributed by atoms with Crippen LogP contribution in [0.1, 0.15) is 39.5 Å². The highest BCUT2D eigenvalue weighted by molar-refractivity contribution is 7.17. The second kappa shape index (κ2) is 13.0. The molecule has 2 rings (SSSR count). The Balaban J connectivity index is 0.000000232. The summed E-state index contributed by atoms with van der Waals surface area (Å²) in [6, 6.07) is 20.8. The molecule has 2 aromatic rings. The molecule has 0 amide bonds. The largest absolute Gasteiger partial charge is 0.327 e. The first-order chi connectivity index (χ1) is 11.2. The van der Waals surface area contributed by atoms with Gasteiger partial charge >= 0.3 is 8.69 Å².